The fourth-order valence-corrected chi connectivity index (χ4v) is 5.65. The molecule has 37 heavy (non-hydrogen) atoms. The van der Waals surface area contributed by atoms with Crippen molar-refractivity contribution in [3.63, 3.8) is 0 Å². The number of aliphatic hydroxyl groups excluding tert-OH is 1. The van der Waals surface area contributed by atoms with Crippen LogP contribution in [-0.4, -0.2) is 32.4 Å². The van der Waals surface area contributed by atoms with Crippen LogP contribution in [0.25, 0.3) is 10.2 Å². The first kappa shape index (κ1) is 28.8. The molecule has 0 aliphatic heterocycles. The van der Waals surface area contributed by atoms with Crippen LogP contribution >= 0.6 is 11.3 Å². The largest absolute Gasteiger partial charge is 0.458 e. The number of nitrogens with zero attached hydrogens (tertiary/aromatic N) is 2. The molecule has 1 N–H and O–H groups in total. The van der Waals surface area contributed by atoms with Crippen LogP contribution in [0.5, 0.6) is 0 Å². The summed E-state index contributed by atoms with van der Waals surface area (Å²) in [5.74, 6) is -0.677. The number of rotatable bonds is 9. The molecule has 8 nitrogen and oxygen atoms in total. The van der Waals surface area contributed by atoms with Crippen molar-refractivity contribution in [1.82, 2.24) is 9.13 Å². The maximum Gasteiger partial charge on any atom is 0.333 e. The van der Waals surface area contributed by atoms with Gasteiger partial charge in [0, 0.05) is 13.2 Å². The van der Waals surface area contributed by atoms with Gasteiger partial charge in [-0.1, -0.05) is 31.2 Å². The van der Waals surface area contributed by atoms with E-state index in [1.54, 1.807) is 34.6 Å². The van der Waals surface area contributed by atoms with Crippen LogP contribution < -0.4 is 11.2 Å². The number of aromatic nitrogens is 2. The maximum absolute atomic E-state index is 13.9. The molecule has 202 valence electrons. The van der Waals surface area contributed by atoms with Crippen molar-refractivity contribution in [2.75, 3.05) is 6.61 Å². The summed E-state index contributed by atoms with van der Waals surface area (Å²) in [6.07, 6.45) is 0.192. The predicted molar refractivity (Wildman–Crippen MR) is 146 cm³/mol. The number of esters is 1. The van der Waals surface area contributed by atoms with Crippen LogP contribution in [0.4, 0.5) is 0 Å². The van der Waals surface area contributed by atoms with Gasteiger partial charge in [0.1, 0.15) is 16.0 Å². The Morgan fingerprint density at radius 2 is 1.70 bits per heavy atom. The summed E-state index contributed by atoms with van der Waals surface area (Å²) in [4.78, 5) is 41.9. The first-order valence-electron chi connectivity index (χ1n) is 12.6. The van der Waals surface area contributed by atoms with E-state index >= 15 is 0 Å². The van der Waals surface area contributed by atoms with Crippen molar-refractivity contribution in [3.05, 3.63) is 66.7 Å². The van der Waals surface area contributed by atoms with Gasteiger partial charge in [-0.15, -0.1) is 11.3 Å². The third kappa shape index (κ3) is 5.73. The Kier molecular flexibility index (Phi) is 8.51. The van der Waals surface area contributed by atoms with Crippen LogP contribution in [0.1, 0.15) is 76.3 Å². The third-order valence-electron chi connectivity index (χ3n) is 6.36. The number of hydrogen-bond donors (Lipinski definition) is 1. The first-order chi connectivity index (χ1) is 17.2. The van der Waals surface area contributed by atoms with Gasteiger partial charge in [-0.2, -0.15) is 0 Å². The molecule has 2 heterocycles. The Balaban J connectivity index is 2.29. The molecule has 2 aromatic heterocycles. The lowest BCUT2D eigenvalue weighted by Crippen LogP contribution is -2.54. The number of carbonyl (C=O) groups is 1. The normalized spacial score (nSPS) is 13.2. The molecule has 3 rings (SSSR count). The quantitative estimate of drug-likeness (QED) is 0.324. The summed E-state index contributed by atoms with van der Waals surface area (Å²) >= 11 is 1.17. The minimum Gasteiger partial charge on any atom is -0.458 e. The highest BCUT2D eigenvalue weighted by molar-refractivity contribution is 7.19. The van der Waals surface area contributed by atoms with Gasteiger partial charge in [0.25, 0.3) is 5.56 Å². The number of aryl methyl sites for hydroxylation is 4. The van der Waals surface area contributed by atoms with Gasteiger partial charge in [-0.3, -0.25) is 9.36 Å². The van der Waals surface area contributed by atoms with Gasteiger partial charge < -0.3 is 14.6 Å². The van der Waals surface area contributed by atoms with Crippen LogP contribution in [0, 0.1) is 6.92 Å². The van der Waals surface area contributed by atoms with Gasteiger partial charge in [-0.25, -0.2) is 14.2 Å². The molecule has 0 fully saturated rings. The molecule has 9 heteroatoms. The van der Waals surface area contributed by atoms with Gasteiger partial charge in [-0.05, 0) is 78.0 Å². The van der Waals surface area contributed by atoms with Crippen LogP contribution in [0.15, 0.2) is 33.9 Å². The smallest absolute Gasteiger partial charge is 0.333 e. The number of fused-ring (bicyclic) bond motifs is 1. The number of thiophene rings is 1. The van der Waals surface area contributed by atoms with E-state index in [1.807, 2.05) is 18.2 Å². The molecule has 0 aliphatic rings. The molecule has 0 saturated heterocycles. The summed E-state index contributed by atoms with van der Waals surface area (Å²) in [7, 11) is 0. The molecule has 0 spiro atoms. The van der Waals surface area contributed by atoms with Gasteiger partial charge in [0.15, 0.2) is 6.29 Å². The lowest BCUT2D eigenvalue weighted by atomic mass is 10.0. The monoisotopic (exact) mass is 530 g/mol. The van der Waals surface area contributed by atoms with Crippen molar-refractivity contribution in [3.8, 4) is 0 Å². The Morgan fingerprint density at radius 3 is 2.27 bits per heavy atom. The molecule has 0 aliphatic carbocycles. The fraction of sp³-hybridized carbons (Fsp3) is 0.536. The van der Waals surface area contributed by atoms with E-state index < -0.39 is 34.6 Å². The van der Waals surface area contributed by atoms with Crippen molar-refractivity contribution in [1.29, 1.82) is 0 Å². The number of benzene rings is 1. The van der Waals surface area contributed by atoms with E-state index in [-0.39, 0.29) is 6.61 Å². The number of ether oxygens (including phenoxy) is 2. The first-order valence-corrected chi connectivity index (χ1v) is 13.4. The molecular formula is C28H38N2O6S. The molecular weight excluding hydrogens is 492 g/mol. The standard InChI is InChI=1S/C28H38N2O6S/c1-9-18-13-11-12-14-19(18)15-16-29-23-20(17(3)21(37-23)24(32)35-10-2)22(31)30(26(29)34)28(7,8)25(33)36-27(4,5)6/h11-14,24,32H,9-10,15-16H2,1-8H3. The second kappa shape index (κ2) is 10.9. The Hall–Kier alpha value is -2.75. The maximum atomic E-state index is 13.9. The van der Waals surface area contributed by atoms with Gasteiger partial charge >= 0.3 is 11.7 Å². The Bertz CT molecular complexity index is 1410. The zero-order valence-corrected chi connectivity index (χ0v) is 23.8. The molecule has 1 unspecified atom stereocenters. The van der Waals surface area contributed by atoms with E-state index in [0.29, 0.717) is 33.6 Å². The fourth-order valence-electron chi connectivity index (χ4n) is 4.40. The van der Waals surface area contributed by atoms with E-state index in [1.165, 1.54) is 35.3 Å². The highest BCUT2D eigenvalue weighted by atomic mass is 32.1. The molecule has 3 aromatic rings. The molecule has 1 aromatic carbocycles. The third-order valence-corrected chi connectivity index (χ3v) is 7.71. The summed E-state index contributed by atoms with van der Waals surface area (Å²) in [6, 6.07) is 8.04. The Labute approximate surface area is 221 Å². The van der Waals surface area contributed by atoms with E-state index in [2.05, 4.69) is 13.0 Å². The minimum atomic E-state index is -1.56. The lowest BCUT2D eigenvalue weighted by Gasteiger charge is -2.30. The van der Waals surface area contributed by atoms with Gasteiger partial charge in [0.05, 0.1) is 10.3 Å². The summed E-state index contributed by atoms with van der Waals surface area (Å²) in [6.45, 7) is 14.4. The highest BCUT2D eigenvalue weighted by Gasteiger charge is 2.39. The average Bonchev–Trinajstić information content (AvgIpc) is 3.15. The molecule has 0 saturated carbocycles. The lowest BCUT2D eigenvalue weighted by molar-refractivity contribution is -0.164. The number of aliphatic hydroxyl groups is 1. The Morgan fingerprint density at radius 1 is 1.08 bits per heavy atom. The van der Waals surface area contributed by atoms with Crippen LogP contribution in [0.2, 0.25) is 0 Å². The summed E-state index contributed by atoms with van der Waals surface area (Å²) in [5, 5.41) is 10.9. The van der Waals surface area contributed by atoms with Crippen molar-refractivity contribution in [2.24, 2.45) is 0 Å². The topological polar surface area (TPSA) is 99.8 Å². The average molecular weight is 531 g/mol. The molecule has 1 atom stereocenters. The summed E-state index contributed by atoms with van der Waals surface area (Å²) < 4.78 is 13.5. The van der Waals surface area contributed by atoms with Crippen molar-refractivity contribution in [2.45, 2.75) is 92.2 Å². The molecule has 0 bridgehead atoms. The molecule has 0 amide bonds. The minimum absolute atomic E-state index is 0.283. The SMILES string of the molecule is CCOC(O)c1sc2c(c1C)c(=O)n(C(C)(C)C(=O)OC(C)(C)C)c(=O)n2CCc1ccccc1CC. The van der Waals surface area contributed by atoms with E-state index in [9.17, 15) is 19.5 Å². The second-order valence-corrected chi connectivity index (χ2v) is 11.6. The number of hydrogen-bond acceptors (Lipinski definition) is 7. The van der Waals surface area contributed by atoms with Crippen LogP contribution in [0.3, 0.4) is 0 Å². The van der Waals surface area contributed by atoms with Crippen LogP contribution in [-0.2, 0) is 39.2 Å². The zero-order valence-electron chi connectivity index (χ0n) is 23.0. The molecule has 0 radical (unpaired) electrons. The van der Waals surface area contributed by atoms with Crippen molar-refractivity contribution >= 4 is 27.5 Å². The van der Waals surface area contributed by atoms with E-state index in [0.717, 1.165) is 16.6 Å². The predicted octanol–water partition coefficient (Wildman–Crippen LogP) is 4.44. The number of carbonyl (C=O) groups excluding carboxylic acids is 1. The van der Waals surface area contributed by atoms with Crippen molar-refractivity contribution < 1.29 is 19.4 Å². The second-order valence-electron chi connectivity index (χ2n) is 10.6. The van der Waals surface area contributed by atoms with E-state index in [4.69, 9.17) is 9.47 Å². The highest BCUT2D eigenvalue weighted by Crippen LogP contribution is 2.34. The summed E-state index contributed by atoms with van der Waals surface area (Å²) in [5.41, 5.74) is -0.724. The van der Waals surface area contributed by atoms with Gasteiger partial charge in [0.2, 0.25) is 0 Å². The zero-order chi connectivity index (χ0) is 27.7.